The molecule has 1 saturated carbocycles. The molecular formula is C14H18N2. The van der Waals surface area contributed by atoms with Crippen LogP contribution in [0.3, 0.4) is 0 Å². The van der Waals surface area contributed by atoms with Gasteiger partial charge in [0.15, 0.2) is 0 Å². The van der Waals surface area contributed by atoms with Crippen molar-refractivity contribution >= 4 is 0 Å². The van der Waals surface area contributed by atoms with Crippen molar-refractivity contribution in [3.05, 3.63) is 46.3 Å². The molecule has 0 bridgehead atoms. The maximum atomic E-state index is 6.28. The Bertz CT molecular complexity index is 449. The largest absolute Gasteiger partial charge is 0.404 e. The van der Waals surface area contributed by atoms with Crippen molar-refractivity contribution in [2.45, 2.75) is 32.1 Å². The van der Waals surface area contributed by atoms with Crippen LogP contribution in [-0.2, 0) is 0 Å². The number of nitrogens with two attached hydrogens (primary N) is 2. The zero-order chi connectivity index (χ0) is 11.1. The molecule has 0 aromatic rings. The van der Waals surface area contributed by atoms with Gasteiger partial charge in [-0.05, 0) is 55.0 Å². The average Bonchev–Trinajstić information content (AvgIpc) is 2.64. The minimum absolute atomic E-state index is 0.573. The maximum Gasteiger partial charge on any atom is 0.0429 e. The first-order chi connectivity index (χ1) is 7.83. The SMILES string of the molecule is N/C=C1/CCCC2C3=C(C=CCC3)C(N)=C12. The van der Waals surface area contributed by atoms with E-state index >= 15 is 0 Å². The van der Waals surface area contributed by atoms with Crippen molar-refractivity contribution in [1.29, 1.82) is 0 Å². The third kappa shape index (κ3) is 1.19. The molecule has 16 heavy (non-hydrogen) atoms. The van der Waals surface area contributed by atoms with Crippen molar-refractivity contribution in [3.8, 4) is 0 Å². The molecule has 0 aromatic heterocycles. The molecule has 1 fully saturated rings. The second-order valence-corrected chi connectivity index (χ2v) is 4.84. The highest BCUT2D eigenvalue weighted by molar-refractivity contribution is 5.60. The molecule has 3 aliphatic carbocycles. The molecule has 84 valence electrons. The summed E-state index contributed by atoms with van der Waals surface area (Å²) >= 11 is 0. The van der Waals surface area contributed by atoms with Gasteiger partial charge in [0.2, 0.25) is 0 Å². The standard InChI is InChI=1S/C14H18N2/c15-8-9-4-3-7-11-10-5-1-2-6-12(10)14(16)13(9)11/h2,6,8,11H,1,3-5,7,15-16H2/b9-8-. The monoisotopic (exact) mass is 214 g/mol. The van der Waals surface area contributed by atoms with E-state index in [4.69, 9.17) is 11.5 Å². The first kappa shape index (κ1) is 9.76. The summed E-state index contributed by atoms with van der Waals surface area (Å²) in [7, 11) is 0. The van der Waals surface area contributed by atoms with Gasteiger partial charge in [-0.2, -0.15) is 0 Å². The van der Waals surface area contributed by atoms with E-state index in [1.165, 1.54) is 36.0 Å². The Hall–Kier alpha value is -1.44. The van der Waals surface area contributed by atoms with Crippen LogP contribution in [0.4, 0.5) is 0 Å². The molecule has 3 aliphatic rings. The van der Waals surface area contributed by atoms with Crippen LogP contribution in [0.5, 0.6) is 0 Å². The van der Waals surface area contributed by atoms with Crippen LogP contribution in [0, 0.1) is 5.92 Å². The molecule has 4 N–H and O–H groups in total. The quantitative estimate of drug-likeness (QED) is 0.651. The summed E-state index contributed by atoms with van der Waals surface area (Å²) in [5, 5.41) is 0. The summed E-state index contributed by atoms with van der Waals surface area (Å²) in [6.07, 6.45) is 12.1. The molecule has 0 aliphatic heterocycles. The van der Waals surface area contributed by atoms with E-state index in [2.05, 4.69) is 12.2 Å². The maximum absolute atomic E-state index is 6.28. The van der Waals surface area contributed by atoms with Crippen LogP contribution in [0.25, 0.3) is 0 Å². The lowest BCUT2D eigenvalue weighted by atomic mass is 9.78. The number of fused-ring (bicyclic) bond motifs is 2. The van der Waals surface area contributed by atoms with Gasteiger partial charge in [0.25, 0.3) is 0 Å². The Kier molecular flexibility index (Phi) is 2.16. The van der Waals surface area contributed by atoms with Gasteiger partial charge in [0.1, 0.15) is 0 Å². The lowest BCUT2D eigenvalue weighted by Crippen LogP contribution is -2.15. The fraction of sp³-hybridized carbons (Fsp3) is 0.429. The second-order valence-electron chi connectivity index (χ2n) is 4.84. The van der Waals surface area contributed by atoms with E-state index in [0.717, 1.165) is 18.5 Å². The zero-order valence-corrected chi connectivity index (χ0v) is 9.50. The van der Waals surface area contributed by atoms with Crippen LogP contribution in [0.1, 0.15) is 32.1 Å². The molecule has 0 radical (unpaired) electrons. The zero-order valence-electron chi connectivity index (χ0n) is 9.50. The Labute approximate surface area is 96.4 Å². The first-order valence-electron chi connectivity index (χ1n) is 6.13. The highest BCUT2D eigenvalue weighted by Crippen LogP contribution is 2.48. The Morgan fingerprint density at radius 3 is 3.00 bits per heavy atom. The molecule has 3 rings (SSSR count). The molecule has 2 heteroatoms. The predicted octanol–water partition coefficient (Wildman–Crippen LogP) is 2.50. The van der Waals surface area contributed by atoms with E-state index in [9.17, 15) is 0 Å². The van der Waals surface area contributed by atoms with E-state index in [-0.39, 0.29) is 0 Å². The van der Waals surface area contributed by atoms with Gasteiger partial charge in [-0.25, -0.2) is 0 Å². The van der Waals surface area contributed by atoms with Gasteiger partial charge in [0.05, 0.1) is 0 Å². The molecule has 0 aromatic carbocycles. The summed E-state index contributed by atoms with van der Waals surface area (Å²) < 4.78 is 0. The first-order valence-corrected chi connectivity index (χ1v) is 6.13. The fourth-order valence-electron chi connectivity index (χ4n) is 3.33. The smallest absolute Gasteiger partial charge is 0.0429 e. The number of hydrogen-bond acceptors (Lipinski definition) is 2. The third-order valence-corrected chi connectivity index (χ3v) is 4.05. The Morgan fingerprint density at radius 1 is 1.31 bits per heavy atom. The van der Waals surface area contributed by atoms with E-state index in [0.29, 0.717) is 5.92 Å². The molecule has 1 unspecified atom stereocenters. The van der Waals surface area contributed by atoms with Crippen LogP contribution >= 0.6 is 0 Å². The van der Waals surface area contributed by atoms with E-state index in [1.807, 2.05) is 0 Å². The van der Waals surface area contributed by atoms with Crippen LogP contribution in [0.2, 0.25) is 0 Å². The summed E-state index contributed by atoms with van der Waals surface area (Å²) in [4.78, 5) is 0. The van der Waals surface area contributed by atoms with Crippen molar-refractivity contribution in [3.63, 3.8) is 0 Å². The summed E-state index contributed by atoms with van der Waals surface area (Å²) in [5.74, 6) is 0.573. The topological polar surface area (TPSA) is 52.0 Å². The lowest BCUT2D eigenvalue weighted by molar-refractivity contribution is 0.549. The second kappa shape index (κ2) is 3.55. The van der Waals surface area contributed by atoms with Crippen molar-refractivity contribution < 1.29 is 0 Å². The molecule has 2 nitrogen and oxygen atoms in total. The molecule has 0 heterocycles. The summed E-state index contributed by atoms with van der Waals surface area (Å²) in [5.41, 5.74) is 18.5. The van der Waals surface area contributed by atoms with E-state index < -0.39 is 0 Å². The average molecular weight is 214 g/mol. The van der Waals surface area contributed by atoms with E-state index in [1.54, 1.807) is 11.8 Å². The minimum atomic E-state index is 0.573. The molecule has 1 atom stereocenters. The lowest BCUT2D eigenvalue weighted by Gasteiger charge is -2.26. The van der Waals surface area contributed by atoms with Crippen LogP contribution in [0.15, 0.2) is 46.3 Å². The molecule has 0 saturated heterocycles. The van der Waals surface area contributed by atoms with Gasteiger partial charge in [-0.1, -0.05) is 17.7 Å². The van der Waals surface area contributed by atoms with Gasteiger partial charge in [-0.15, -0.1) is 0 Å². The van der Waals surface area contributed by atoms with Crippen LogP contribution < -0.4 is 11.5 Å². The third-order valence-electron chi connectivity index (χ3n) is 4.05. The Balaban J connectivity index is 2.10. The Morgan fingerprint density at radius 2 is 2.19 bits per heavy atom. The van der Waals surface area contributed by atoms with Gasteiger partial charge >= 0.3 is 0 Å². The summed E-state index contributed by atoms with van der Waals surface area (Å²) in [6, 6.07) is 0. The minimum Gasteiger partial charge on any atom is -0.404 e. The number of rotatable bonds is 0. The number of allylic oxidation sites excluding steroid dienone is 5. The van der Waals surface area contributed by atoms with Crippen molar-refractivity contribution in [1.82, 2.24) is 0 Å². The molecule has 0 spiro atoms. The fourth-order valence-corrected chi connectivity index (χ4v) is 3.33. The van der Waals surface area contributed by atoms with Crippen LogP contribution in [-0.4, -0.2) is 0 Å². The summed E-state index contributed by atoms with van der Waals surface area (Å²) in [6.45, 7) is 0. The van der Waals surface area contributed by atoms with Gasteiger partial charge < -0.3 is 11.5 Å². The highest BCUT2D eigenvalue weighted by atomic mass is 14.6. The highest BCUT2D eigenvalue weighted by Gasteiger charge is 2.35. The van der Waals surface area contributed by atoms with Gasteiger partial charge in [0, 0.05) is 11.6 Å². The van der Waals surface area contributed by atoms with Gasteiger partial charge in [-0.3, -0.25) is 0 Å². The predicted molar refractivity (Wildman–Crippen MR) is 66.2 cm³/mol. The molecule has 0 amide bonds. The van der Waals surface area contributed by atoms with Crippen molar-refractivity contribution in [2.75, 3.05) is 0 Å². The molecular weight excluding hydrogens is 196 g/mol. The normalized spacial score (nSPS) is 31.0. The number of hydrogen-bond donors (Lipinski definition) is 2. The van der Waals surface area contributed by atoms with Crippen molar-refractivity contribution in [2.24, 2.45) is 17.4 Å².